The number of hydrogen-bond donors (Lipinski definition) is 3. The van der Waals surface area contributed by atoms with E-state index in [4.69, 9.17) is 9.84 Å². The molecule has 0 aliphatic heterocycles. The predicted octanol–water partition coefficient (Wildman–Crippen LogP) is 3.84. The third-order valence-corrected chi connectivity index (χ3v) is 5.64. The highest BCUT2D eigenvalue weighted by molar-refractivity contribution is 5.86. The summed E-state index contributed by atoms with van der Waals surface area (Å²) in [6.45, 7) is 3.66. The maximum atomic E-state index is 12.4. The molecule has 32 heavy (non-hydrogen) atoms. The van der Waals surface area contributed by atoms with Crippen LogP contribution in [0.3, 0.4) is 0 Å². The number of fused-ring (bicyclic) bond motifs is 3. The van der Waals surface area contributed by atoms with Crippen LogP contribution in [0.25, 0.3) is 11.1 Å². The predicted molar refractivity (Wildman–Crippen MR) is 121 cm³/mol. The molecule has 7 heteroatoms. The number of aliphatic carboxylic acids is 1. The van der Waals surface area contributed by atoms with Gasteiger partial charge in [-0.15, -0.1) is 0 Å². The molecule has 2 aromatic carbocycles. The van der Waals surface area contributed by atoms with E-state index in [9.17, 15) is 14.4 Å². The standard InChI is InChI=1S/C25H28N2O5/c1-3-17(14-23(28)26-13-12-16(2)24(29)30)27-25(31)32-15-22-20-10-6-4-8-18(20)19-9-5-7-11-21(19)22/h4-12,17,22H,3,13-15H2,1-2H3,(H,26,28)(H,27,31)(H,29,30)/b16-12+. The lowest BCUT2D eigenvalue weighted by atomic mass is 9.98. The van der Waals surface area contributed by atoms with Crippen LogP contribution in [0.5, 0.6) is 0 Å². The molecular formula is C25H28N2O5. The third kappa shape index (κ3) is 5.55. The molecule has 1 unspecified atom stereocenters. The molecule has 0 heterocycles. The molecule has 2 amide bonds. The van der Waals surface area contributed by atoms with Gasteiger partial charge >= 0.3 is 12.1 Å². The normalized spacial score (nSPS) is 13.6. The fourth-order valence-corrected chi connectivity index (χ4v) is 3.81. The van der Waals surface area contributed by atoms with Crippen molar-refractivity contribution < 1.29 is 24.2 Å². The van der Waals surface area contributed by atoms with Crippen molar-refractivity contribution in [3.05, 3.63) is 71.3 Å². The first-order valence-corrected chi connectivity index (χ1v) is 10.7. The molecule has 1 atom stereocenters. The Morgan fingerprint density at radius 1 is 1.06 bits per heavy atom. The van der Waals surface area contributed by atoms with Gasteiger partial charge in [0.05, 0.1) is 0 Å². The second-order valence-corrected chi connectivity index (χ2v) is 7.78. The van der Waals surface area contributed by atoms with E-state index in [0.717, 1.165) is 22.3 Å². The fourth-order valence-electron chi connectivity index (χ4n) is 3.81. The molecule has 0 fully saturated rings. The van der Waals surface area contributed by atoms with E-state index >= 15 is 0 Å². The number of carboxylic acid groups (broad SMARTS) is 1. The Labute approximate surface area is 187 Å². The quantitative estimate of drug-likeness (QED) is 0.518. The molecule has 168 valence electrons. The number of carbonyl (C=O) groups excluding carboxylic acids is 2. The van der Waals surface area contributed by atoms with Gasteiger partial charge in [0.2, 0.25) is 5.91 Å². The maximum absolute atomic E-state index is 12.4. The average molecular weight is 437 g/mol. The number of benzene rings is 2. The smallest absolute Gasteiger partial charge is 0.407 e. The Morgan fingerprint density at radius 3 is 2.22 bits per heavy atom. The van der Waals surface area contributed by atoms with Crippen LogP contribution < -0.4 is 10.6 Å². The lowest BCUT2D eigenvalue weighted by molar-refractivity contribution is -0.132. The number of carboxylic acids is 1. The zero-order valence-corrected chi connectivity index (χ0v) is 18.3. The van der Waals surface area contributed by atoms with Gasteiger partial charge in [-0.3, -0.25) is 4.79 Å². The van der Waals surface area contributed by atoms with Crippen LogP contribution in [0.1, 0.15) is 43.7 Å². The van der Waals surface area contributed by atoms with Crippen molar-refractivity contribution in [2.24, 2.45) is 0 Å². The van der Waals surface area contributed by atoms with Gasteiger partial charge < -0.3 is 20.5 Å². The first kappa shape index (κ1) is 23.1. The van der Waals surface area contributed by atoms with Crippen molar-refractivity contribution in [3.63, 3.8) is 0 Å². The molecular weight excluding hydrogens is 408 g/mol. The highest BCUT2D eigenvalue weighted by Crippen LogP contribution is 2.44. The summed E-state index contributed by atoms with van der Waals surface area (Å²) in [4.78, 5) is 35.3. The number of rotatable bonds is 9. The van der Waals surface area contributed by atoms with Gasteiger partial charge in [0.1, 0.15) is 6.61 Å². The lowest BCUT2D eigenvalue weighted by Gasteiger charge is -2.18. The van der Waals surface area contributed by atoms with Crippen LogP contribution in [0, 0.1) is 0 Å². The Bertz CT molecular complexity index is 985. The summed E-state index contributed by atoms with van der Waals surface area (Å²) in [5, 5.41) is 14.2. The van der Waals surface area contributed by atoms with E-state index in [1.54, 1.807) is 0 Å². The number of hydrogen-bond acceptors (Lipinski definition) is 4. The number of amides is 2. The molecule has 0 saturated heterocycles. The van der Waals surface area contributed by atoms with Gasteiger partial charge in [-0.1, -0.05) is 61.5 Å². The highest BCUT2D eigenvalue weighted by Gasteiger charge is 2.29. The number of nitrogens with one attached hydrogen (secondary N) is 2. The van der Waals surface area contributed by atoms with Crippen LogP contribution in [-0.4, -0.2) is 42.3 Å². The SMILES string of the molecule is CCC(CC(=O)NC/C=C(\C)C(=O)O)NC(=O)OCC1c2ccccc2-c2ccccc21. The molecule has 0 aromatic heterocycles. The van der Waals surface area contributed by atoms with E-state index < -0.39 is 12.1 Å². The van der Waals surface area contributed by atoms with Crippen molar-refractivity contribution in [2.75, 3.05) is 13.2 Å². The Kier molecular flexibility index (Phi) is 7.65. The fraction of sp³-hybridized carbons (Fsp3) is 0.320. The van der Waals surface area contributed by atoms with E-state index in [2.05, 4.69) is 34.9 Å². The van der Waals surface area contributed by atoms with E-state index in [0.29, 0.717) is 6.42 Å². The lowest BCUT2D eigenvalue weighted by Crippen LogP contribution is -2.39. The van der Waals surface area contributed by atoms with Gasteiger partial charge in [-0.05, 0) is 35.6 Å². The van der Waals surface area contributed by atoms with Crippen molar-refractivity contribution in [2.45, 2.75) is 38.6 Å². The van der Waals surface area contributed by atoms with Crippen LogP contribution in [-0.2, 0) is 14.3 Å². The number of alkyl carbamates (subject to hydrolysis) is 1. The van der Waals surface area contributed by atoms with Gasteiger partial charge in [-0.2, -0.15) is 0 Å². The summed E-state index contributed by atoms with van der Waals surface area (Å²) < 4.78 is 5.54. The topological polar surface area (TPSA) is 105 Å². The van der Waals surface area contributed by atoms with Gasteiger partial charge in [-0.25, -0.2) is 9.59 Å². The van der Waals surface area contributed by atoms with Crippen LogP contribution >= 0.6 is 0 Å². The Morgan fingerprint density at radius 2 is 1.66 bits per heavy atom. The summed E-state index contributed by atoms with van der Waals surface area (Å²) in [6, 6.07) is 15.9. The summed E-state index contributed by atoms with van der Waals surface area (Å²) in [5.74, 6) is -1.33. The summed E-state index contributed by atoms with van der Waals surface area (Å²) in [5.41, 5.74) is 4.75. The maximum Gasteiger partial charge on any atom is 0.407 e. The van der Waals surface area contributed by atoms with E-state index in [1.165, 1.54) is 13.0 Å². The Hall–Kier alpha value is -3.61. The second kappa shape index (κ2) is 10.6. The third-order valence-electron chi connectivity index (χ3n) is 5.64. The zero-order valence-electron chi connectivity index (χ0n) is 18.3. The molecule has 1 aliphatic rings. The van der Waals surface area contributed by atoms with Crippen LogP contribution in [0.15, 0.2) is 60.2 Å². The molecule has 3 rings (SSSR count). The molecule has 0 bridgehead atoms. The summed E-state index contributed by atoms with van der Waals surface area (Å²) in [6.07, 6.45) is 1.51. The highest BCUT2D eigenvalue weighted by atomic mass is 16.5. The molecule has 7 nitrogen and oxygen atoms in total. The first-order chi connectivity index (χ1) is 15.4. The minimum atomic E-state index is -1.03. The minimum absolute atomic E-state index is 0.0270. The van der Waals surface area contributed by atoms with Crippen molar-refractivity contribution in [1.29, 1.82) is 0 Å². The van der Waals surface area contributed by atoms with Gasteiger partial charge in [0, 0.05) is 30.5 Å². The van der Waals surface area contributed by atoms with Gasteiger partial charge in [0.15, 0.2) is 0 Å². The first-order valence-electron chi connectivity index (χ1n) is 10.7. The number of ether oxygens (including phenoxy) is 1. The monoisotopic (exact) mass is 436 g/mol. The Balaban J connectivity index is 1.52. The largest absolute Gasteiger partial charge is 0.478 e. The molecule has 2 aromatic rings. The number of carbonyl (C=O) groups is 3. The molecule has 1 aliphatic carbocycles. The van der Waals surface area contributed by atoms with Gasteiger partial charge in [0.25, 0.3) is 0 Å². The molecule has 0 saturated carbocycles. The van der Waals surface area contributed by atoms with Crippen molar-refractivity contribution in [1.82, 2.24) is 10.6 Å². The molecule has 0 radical (unpaired) electrons. The minimum Gasteiger partial charge on any atom is -0.478 e. The van der Waals surface area contributed by atoms with Crippen molar-refractivity contribution >= 4 is 18.0 Å². The van der Waals surface area contributed by atoms with E-state index in [-0.39, 0.29) is 43.0 Å². The summed E-state index contributed by atoms with van der Waals surface area (Å²) >= 11 is 0. The average Bonchev–Trinajstić information content (AvgIpc) is 3.10. The van der Waals surface area contributed by atoms with Crippen LogP contribution in [0.4, 0.5) is 4.79 Å². The van der Waals surface area contributed by atoms with Crippen molar-refractivity contribution in [3.8, 4) is 11.1 Å². The van der Waals surface area contributed by atoms with E-state index in [1.807, 2.05) is 31.2 Å². The molecule has 0 spiro atoms. The second-order valence-electron chi connectivity index (χ2n) is 7.78. The zero-order chi connectivity index (χ0) is 23.1. The summed E-state index contributed by atoms with van der Waals surface area (Å²) in [7, 11) is 0. The molecule has 3 N–H and O–H groups in total. The van der Waals surface area contributed by atoms with Crippen LogP contribution in [0.2, 0.25) is 0 Å².